The standard InChI is InChI=1S/C23H18FN5O6S4/c1-35-28-16(12-8-38-23(25)26-12)19(31)27-17-20(32)29-18(22(33)34)9(7-37-21(17)29)6-36-15-5-13(30)11-3-2-10(24)4-14(11)39-15/h2-5,8,17,21H,6-7H2,1H3,(H2,25,26)(H,27,31)(H,33,34)/b28-16-/t17-,21-/m1/s1. The second-order valence-electron chi connectivity index (χ2n) is 8.17. The van der Waals surface area contributed by atoms with Crippen LogP contribution in [0.4, 0.5) is 9.52 Å². The number of carboxylic acid groups (broad SMARTS) is 1. The Morgan fingerprint density at radius 1 is 1.36 bits per heavy atom. The lowest BCUT2D eigenvalue weighted by Gasteiger charge is -2.49. The number of nitrogens with two attached hydrogens (primary N) is 1. The van der Waals surface area contributed by atoms with Crippen LogP contribution < -0.4 is 16.5 Å². The highest BCUT2D eigenvalue weighted by Crippen LogP contribution is 2.42. The summed E-state index contributed by atoms with van der Waals surface area (Å²) in [6.45, 7) is 0. The maximum atomic E-state index is 13.7. The number of carboxylic acids is 1. The monoisotopic (exact) mass is 607 g/mol. The maximum Gasteiger partial charge on any atom is 0.352 e. The number of hydrogen-bond acceptors (Lipinski definition) is 12. The van der Waals surface area contributed by atoms with E-state index in [4.69, 9.17) is 10.6 Å². The number of thioether (sulfide) groups is 2. The summed E-state index contributed by atoms with van der Waals surface area (Å²) in [6, 6.07) is 4.40. The fraction of sp³-hybridized carbons (Fsp3) is 0.217. The summed E-state index contributed by atoms with van der Waals surface area (Å²) in [5.41, 5.74) is 5.73. The van der Waals surface area contributed by atoms with Gasteiger partial charge in [0.2, 0.25) is 0 Å². The number of thiazole rings is 1. The summed E-state index contributed by atoms with van der Waals surface area (Å²) in [5.74, 6) is -2.54. The van der Waals surface area contributed by atoms with Gasteiger partial charge in [0.05, 0.1) is 4.21 Å². The predicted molar refractivity (Wildman–Crippen MR) is 149 cm³/mol. The Balaban J connectivity index is 1.33. The van der Waals surface area contributed by atoms with Crippen molar-refractivity contribution in [2.75, 3.05) is 24.3 Å². The molecule has 0 spiro atoms. The van der Waals surface area contributed by atoms with Gasteiger partial charge < -0.3 is 21.0 Å². The van der Waals surface area contributed by atoms with Gasteiger partial charge in [-0.1, -0.05) is 5.16 Å². The first-order valence-corrected chi connectivity index (χ1v) is 14.8. The third kappa shape index (κ3) is 5.24. The molecular weight excluding hydrogens is 590 g/mol. The van der Waals surface area contributed by atoms with Crippen molar-refractivity contribution >= 4 is 84.9 Å². The van der Waals surface area contributed by atoms with Crippen LogP contribution in [0.1, 0.15) is 5.69 Å². The van der Waals surface area contributed by atoms with Gasteiger partial charge in [-0.15, -0.1) is 46.2 Å². The highest BCUT2D eigenvalue weighted by Gasteiger charge is 2.54. The number of carbonyl (C=O) groups excluding carboxylic acids is 2. The zero-order valence-corrected chi connectivity index (χ0v) is 23.1. The van der Waals surface area contributed by atoms with Crippen molar-refractivity contribution < 1.29 is 28.7 Å². The van der Waals surface area contributed by atoms with Crippen molar-refractivity contribution in [3.8, 4) is 0 Å². The van der Waals surface area contributed by atoms with Crippen molar-refractivity contribution in [2.24, 2.45) is 5.16 Å². The first kappa shape index (κ1) is 27.1. The number of aromatic nitrogens is 1. The molecule has 1 aromatic carbocycles. The number of oxime groups is 1. The Morgan fingerprint density at radius 3 is 2.85 bits per heavy atom. The van der Waals surface area contributed by atoms with Gasteiger partial charge in [-0.3, -0.25) is 19.3 Å². The lowest BCUT2D eigenvalue weighted by molar-refractivity contribution is -0.150. The van der Waals surface area contributed by atoms with Crippen LogP contribution in [0.3, 0.4) is 0 Å². The molecule has 2 aliphatic heterocycles. The molecule has 0 radical (unpaired) electrons. The van der Waals surface area contributed by atoms with Crippen molar-refractivity contribution in [1.29, 1.82) is 0 Å². The number of anilines is 1. The molecule has 39 heavy (non-hydrogen) atoms. The highest BCUT2D eigenvalue weighted by atomic mass is 32.2. The Bertz CT molecular complexity index is 1640. The van der Waals surface area contributed by atoms with Gasteiger partial charge in [-0.25, -0.2) is 14.2 Å². The molecule has 0 bridgehead atoms. The van der Waals surface area contributed by atoms with E-state index in [-0.39, 0.29) is 39.2 Å². The minimum Gasteiger partial charge on any atom is -0.477 e. The van der Waals surface area contributed by atoms with Gasteiger partial charge in [0, 0.05) is 33.0 Å². The van der Waals surface area contributed by atoms with Crippen LogP contribution in [-0.2, 0) is 19.2 Å². The number of hydrogen-bond donors (Lipinski definition) is 3. The van der Waals surface area contributed by atoms with E-state index in [2.05, 4.69) is 15.5 Å². The largest absolute Gasteiger partial charge is 0.477 e. The second-order valence-corrected chi connectivity index (χ2v) is 12.5. The Hall–Kier alpha value is -3.47. The number of nitrogens with zero attached hydrogens (tertiary/aromatic N) is 3. The smallest absolute Gasteiger partial charge is 0.352 e. The molecule has 2 aromatic heterocycles. The zero-order chi connectivity index (χ0) is 27.8. The summed E-state index contributed by atoms with van der Waals surface area (Å²) in [7, 11) is 1.26. The van der Waals surface area contributed by atoms with Crippen molar-refractivity contribution in [3.63, 3.8) is 0 Å². The van der Waals surface area contributed by atoms with Gasteiger partial charge >= 0.3 is 5.97 Å². The lowest BCUT2D eigenvalue weighted by atomic mass is 10.0. The Labute approximate surface area is 235 Å². The first-order chi connectivity index (χ1) is 18.7. The van der Waals surface area contributed by atoms with Crippen LogP contribution in [0.5, 0.6) is 0 Å². The van der Waals surface area contributed by atoms with Crippen molar-refractivity contribution in [3.05, 3.63) is 62.7 Å². The Morgan fingerprint density at radius 2 is 2.15 bits per heavy atom. The van der Waals surface area contributed by atoms with Gasteiger partial charge in [-0.2, -0.15) is 0 Å². The predicted octanol–water partition coefficient (Wildman–Crippen LogP) is 2.32. The summed E-state index contributed by atoms with van der Waals surface area (Å²) in [6.07, 6.45) is 0. The minimum absolute atomic E-state index is 0.154. The molecule has 16 heteroatoms. The number of nitrogen functional groups attached to an aromatic ring is 1. The number of halogens is 1. The van der Waals surface area contributed by atoms with Gasteiger partial charge in [0.1, 0.15) is 35.7 Å². The minimum atomic E-state index is -1.28. The summed E-state index contributed by atoms with van der Waals surface area (Å²) < 4.78 is 14.7. The number of nitrogens with one attached hydrogen (secondary N) is 1. The molecule has 2 amide bonds. The summed E-state index contributed by atoms with van der Waals surface area (Å²) in [4.78, 5) is 60.5. The number of rotatable bonds is 8. The molecule has 0 saturated carbocycles. The molecule has 0 aliphatic carbocycles. The fourth-order valence-electron chi connectivity index (χ4n) is 4.03. The molecule has 202 valence electrons. The number of fused-ring (bicyclic) bond motifs is 2. The molecule has 1 fully saturated rings. The van der Waals surface area contributed by atoms with Crippen LogP contribution in [0.25, 0.3) is 10.1 Å². The molecule has 2 atom stereocenters. The van der Waals surface area contributed by atoms with Crippen LogP contribution in [0, 0.1) is 5.82 Å². The van der Waals surface area contributed by atoms with Gasteiger partial charge in [0.25, 0.3) is 11.8 Å². The van der Waals surface area contributed by atoms with Crippen LogP contribution in [-0.4, -0.2) is 68.5 Å². The number of β-lactam (4-membered cyclic amide) rings is 1. The van der Waals surface area contributed by atoms with Gasteiger partial charge in [-0.05, 0) is 23.8 Å². The molecular formula is C23H18FN5O6S4. The average Bonchev–Trinajstić information content (AvgIpc) is 3.33. The van der Waals surface area contributed by atoms with E-state index in [1.54, 1.807) is 0 Å². The number of carbonyl (C=O) groups is 3. The molecule has 4 N–H and O–H groups in total. The van der Waals surface area contributed by atoms with Crippen molar-refractivity contribution in [2.45, 2.75) is 15.6 Å². The average molecular weight is 608 g/mol. The first-order valence-electron chi connectivity index (χ1n) is 11.1. The topological polar surface area (TPSA) is 164 Å². The third-order valence-corrected chi connectivity index (χ3v) is 10.1. The third-order valence-electron chi connectivity index (χ3n) is 5.76. The number of amides is 2. The molecule has 0 unspecified atom stereocenters. The fourth-order valence-corrected chi connectivity index (χ4v) is 8.32. The number of aliphatic carboxylic acids is 1. The second kappa shape index (κ2) is 11.0. The van der Waals surface area contributed by atoms with Gasteiger partial charge in [0.15, 0.2) is 16.3 Å². The molecule has 4 heterocycles. The van der Waals surface area contributed by atoms with Crippen LogP contribution in [0.2, 0.25) is 0 Å². The van der Waals surface area contributed by atoms with Crippen molar-refractivity contribution in [1.82, 2.24) is 15.2 Å². The SMILES string of the molecule is CO/N=C(\C(=O)N[C@@H]1C(=O)N2C(C(=O)O)=C(CSc3cc(=O)c4ccc(F)cc4s3)CS[C@H]12)c1csc(N)n1. The molecule has 5 rings (SSSR count). The van der Waals surface area contributed by atoms with E-state index >= 15 is 0 Å². The van der Waals surface area contributed by atoms with E-state index in [9.17, 15) is 28.7 Å². The molecule has 1 saturated heterocycles. The molecule has 2 aliphatic rings. The normalized spacial score (nSPS) is 19.1. The maximum absolute atomic E-state index is 13.7. The quantitative estimate of drug-likeness (QED) is 0.150. The van der Waals surface area contributed by atoms with E-state index in [1.165, 1.54) is 71.6 Å². The lowest BCUT2D eigenvalue weighted by Crippen LogP contribution is -2.71. The van der Waals surface area contributed by atoms with Crippen LogP contribution >= 0.6 is 46.2 Å². The Kier molecular flexibility index (Phi) is 7.61. The molecule has 3 aromatic rings. The number of benzene rings is 1. The van der Waals surface area contributed by atoms with E-state index in [0.29, 0.717) is 19.9 Å². The molecule has 11 nitrogen and oxygen atoms in total. The van der Waals surface area contributed by atoms with E-state index in [1.807, 2.05) is 0 Å². The summed E-state index contributed by atoms with van der Waals surface area (Å²) >= 11 is 4.88. The van der Waals surface area contributed by atoms with Crippen LogP contribution in [0.15, 0.2) is 55.1 Å². The van der Waals surface area contributed by atoms with E-state index in [0.717, 1.165) is 16.2 Å². The zero-order valence-electron chi connectivity index (χ0n) is 19.9. The highest BCUT2D eigenvalue weighted by molar-refractivity contribution is 8.02. The summed E-state index contributed by atoms with van der Waals surface area (Å²) in [5, 5.41) is 17.8. The van der Waals surface area contributed by atoms with E-state index < -0.39 is 35.0 Å².